The van der Waals surface area contributed by atoms with E-state index in [9.17, 15) is 4.79 Å². The maximum absolute atomic E-state index is 13.3. The molecule has 9 nitrogen and oxygen atoms in total. The second kappa shape index (κ2) is 7.84. The summed E-state index contributed by atoms with van der Waals surface area (Å²) in [6.45, 7) is 6.66. The smallest absolute Gasteiger partial charge is 0.333 e. The Kier molecular flexibility index (Phi) is 4.96. The fourth-order valence-corrected chi connectivity index (χ4v) is 4.20. The van der Waals surface area contributed by atoms with Gasteiger partial charge in [0.2, 0.25) is 5.88 Å². The number of hydrogen-bond acceptors (Lipinski definition) is 6. The Morgan fingerprint density at radius 1 is 1.12 bits per heavy atom. The largest absolute Gasteiger partial charge is 0.480 e. The predicted octanol–water partition coefficient (Wildman–Crippen LogP) is 3.43. The third kappa shape index (κ3) is 3.19. The first-order chi connectivity index (χ1) is 16.0. The average molecular weight is 444 g/mol. The van der Waals surface area contributed by atoms with Crippen molar-refractivity contribution in [3.63, 3.8) is 0 Å². The van der Waals surface area contributed by atoms with Crippen LogP contribution in [0.5, 0.6) is 5.88 Å². The number of pyridine rings is 1. The third-order valence-electron chi connectivity index (χ3n) is 5.99. The second-order valence-electron chi connectivity index (χ2n) is 7.92. The maximum Gasteiger partial charge on any atom is 0.333 e. The summed E-state index contributed by atoms with van der Waals surface area (Å²) < 4.78 is 10.7. The lowest BCUT2D eigenvalue weighted by Gasteiger charge is -2.10. The number of aryl methyl sites for hydroxylation is 4. The Labute approximate surface area is 190 Å². The Morgan fingerprint density at radius 3 is 2.64 bits per heavy atom. The van der Waals surface area contributed by atoms with Crippen molar-refractivity contribution >= 4 is 21.9 Å². The Hall–Kier alpha value is -4.01. The molecule has 0 amide bonds. The van der Waals surface area contributed by atoms with Crippen LogP contribution in [0.1, 0.15) is 25.4 Å². The van der Waals surface area contributed by atoms with E-state index in [4.69, 9.17) is 4.74 Å². The van der Waals surface area contributed by atoms with Gasteiger partial charge in [0.05, 0.1) is 46.8 Å². The number of methoxy groups -OCH3 is 1. The van der Waals surface area contributed by atoms with Crippen molar-refractivity contribution in [1.29, 1.82) is 0 Å². The predicted molar refractivity (Wildman–Crippen MR) is 127 cm³/mol. The Balaban J connectivity index is 1.84. The van der Waals surface area contributed by atoms with Crippen LogP contribution < -0.4 is 10.4 Å². The number of nitrogens with zero attached hydrogens (tertiary/aromatic N) is 7. The van der Waals surface area contributed by atoms with Gasteiger partial charge in [0.15, 0.2) is 0 Å². The molecule has 0 bridgehead atoms. The summed E-state index contributed by atoms with van der Waals surface area (Å²) in [6.07, 6.45) is 6.16. The minimum Gasteiger partial charge on any atom is -0.480 e. The lowest BCUT2D eigenvalue weighted by atomic mass is 10.0. The first-order valence-electron chi connectivity index (χ1n) is 10.9. The number of hydrogen-bond donors (Lipinski definition) is 0. The molecule has 33 heavy (non-hydrogen) atoms. The van der Waals surface area contributed by atoms with Crippen LogP contribution in [0.3, 0.4) is 0 Å². The molecular formula is C24H25N7O2. The molecule has 0 radical (unpaired) electrons. The highest BCUT2D eigenvalue weighted by Gasteiger charge is 2.20. The zero-order valence-corrected chi connectivity index (χ0v) is 19.3. The molecule has 0 aliphatic heterocycles. The maximum atomic E-state index is 13.3. The zero-order valence-electron chi connectivity index (χ0n) is 19.3. The van der Waals surface area contributed by atoms with E-state index in [1.165, 1.54) is 0 Å². The number of imidazole rings is 1. The molecule has 0 unspecified atom stereocenters. The second-order valence-corrected chi connectivity index (χ2v) is 7.92. The van der Waals surface area contributed by atoms with Gasteiger partial charge in [0.1, 0.15) is 5.82 Å². The Morgan fingerprint density at radius 2 is 1.94 bits per heavy atom. The molecule has 5 rings (SSSR count). The molecule has 4 aromatic heterocycles. The molecule has 0 aliphatic carbocycles. The minimum absolute atomic E-state index is 0.142. The van der Waals surface area contributed by atoms with Gasteiger partial charge in [-0.15, -0.1) is 0 Å². The summed E-state index contributed by atoms with van der Waals surface area (Å²) in [5.74, 6) is 1.24. The van der Waals surface area contributed by atoms with E-state index in [1.807, 2.05) is 49.8 Å². The highest BCUT2D eigenvalue weighted by molar-refractivity contribution is 6.04. The molecule has 4 heterocycles. The van der Waals surface area contributed by atoms with Gasteiger partial charge in [-0.05, 0) is 31.5 Å². The van der Waals surface area contributed by atoms with Crippen LogP contribution in [0.2, 0.25) is 0 Å². The number of ether oxygens (including phenoxy) is 1. The van der Waals surface area contributed by atoms with Crippen LogP contribution in [-0.4, -0.2) is 41.0 Å². The van der Waals surface area contributed by atoms with Crippen molar-refractivity contribution in [2.24, 2.45) is 7.05 Å². The van der Waals surface area contributed by atoms with Crippen LogP contribution >= 0.6 is 0 Å². The summed E-state index contributed by atoms with van der Waals surface area (Å²) in [7, 11) is 3.37. The zero-order chi connectivity index (χ0) is 23.3. The third-order valence-corrected chi connectivity index (χ3v) is 5.99. The lowest BCUT2D eigenvalue weighted by Crippen LogP contribution is -2.21. The van der Waals surface area contributed by atoms with Crippen LogP contribution in [0, 0.1) is 6.92 Å². The summed E-state index contributed by atoms with van der Waals surface area (Å²) >= 11 is 0. The molecular weight excluding hydrogens is 418 g/mol. The molecule has 168 valence electrons. The number of rotatable bonds is 5. The van der Waals surface area contributed by atoms with E-state index in [-0.39, 0.29) is 5.69 Å². The molecule has 0 saturated heterocycles. The Bertz CT molecular complexity index is 1580. The molecule has 0 N–H and O–H groups in total. The van der Waals surface area contributed by atoms with E-state index in [0.29, 0.717) is 5.88 Å². The van der Waals surface area contributed by atoms with Crippen LogP contribution in [0.4, 0.5) is 0 Å². The highest BCUT2D eigenvalue weighted by atomic mass is 16.5. The van der Waals surface area contributed by atoms with Crippen LogP contribution in [0.25, 0.3) is 38.8 Å². The molecule has 9 heteroatoms. The monoisotopic (exact) mass is 443 g/mol. The number of benzene rings is 1. The highest BCUT2D eigenvalue weighted by Crippen LogP contribution is 2.33. The quantitative estimate of drug-likeness (QED) is 0.413. The molecule has 0 saturated carbocycles. The molecule has 0 spiro atoms. The lowest BCUT2D eigenvalue weighted by molar-refractivity contribution is 0.397. The van der Waals surface area contributed by atoms with Crippen molar-refractivity contribution in [2.75, 3.05) is 7.11 Å². The van der Waals surface area contributed by atoms with E-state index < -0.39 is 0 Å². The first-order valence-corrected chi connectivity index (χ1v) is 10.9. The van der Waals surface area contributed by atoms with Crippen molar-refractivity contribution in [3.8, 4) is 22.7 Å². The van der Waals surface area contributed by atoms with Gasteiger partial charge in [-0.25, -0.2) is 9.78 Å². The molecule has 0 atom stereocenters. The van der Waals surface area contributed by atoms with Gasteiger partial charge in [-0.1, -0.05) is 13.0 Å². The van der Waals surface area contributed by atoms with E-state index in [0.717, 1.165) is 63.2 Å². The fourth-order valence-electron chi connectivity index (χ4n) is 4.20. The van der Waals surface area contributed by atoms with Gasteiger partial charge in [-0.3, -0.25) is 18.8 Å². The first kappa shape index (κ1) is 20.9. The van der Waals surface area contributed by atoms with E-state index in [2.05, 4.69) is 20.1 Å². The molecule has 1 aromatic carbocycles. The standard InChI is InChI=1S/C24H25N7O2/c1-6-21-26-11-17(23(27-21)33-5)15-8-9-18-16(10-15)22-19(12-25-18)29(4)24(32)31(22)20-13-30(7-2)28-14(20)3/h8-13H,6-7H2,1-5H3. The summed E-state index contributed by atoms with van der Waals surface area (Å²) in [5, 5.41) is 5.40. The van der Waals surface area contributed by atoms with Crippen LogP contribution in [-0.2, 0) is 20.0 Å². The SMILES string of the molecule is CCc1ncc(-c2ccc3ncc4c(c3c2)n(-c2cn(CC)nc2C)c(=O)n4C)c(OC)n1. The summed E-state index contributed by atoms with van der Waals surface area (Å²) in [6, 6.07) is 5.94. The summed E-state index contributed by atoms with van der Waals surface area (Å²) in [4.78, 5) is 26.9. The van der Waals surface area contributed by atoms with Crippen molar-refractivity contribution in [3.05, 3.63) is 58.8 Å². The molecule has 0 fully saturated rings. The van der Waals surface area contributed by atoms with Crippen molar-refractivity contribution < 1.29 is 4.74 Å². The van der Waals surface area contributed by atoms with Gasteiger partial charge in [0, 0.05) is 37.8 Å². The molecule has 0 aliphatic rings. The van der Waals surface area contributed by atoms with Gasteiger partial charge >= 0.3 is 5.69 Å². The van der Waals surface area contributed by atoms with Crippen LogP contribution in [0.15, 0.2) is 41.6 Å². The van der Waals surface area contributed by atoms with Gasteiger partial charge < -0.3 is 4.74 Å². The van der Waals surface area contributed by atoms with Gasteiger partial charge in [0.25, 0.3) is 0 Å². The van der Waals surface area contributed by atoms with Crippen molar-refractivity contribution in [1.82, 2.24) is 33.9 Å². The van der Waals surface area contributed by atoms with E-state index in [1.54, 1.807) is 35.7 Å². The normalized spacial score (nSPS) is 11.5. The van der Waals surface area contributed by atoms with Gasteiger partial charge in [-0.2, -0.15) is 10.1 Å². The van der Waals surface area contributed by atoms with Crippen molar-refractivity contribution in [2.45, 2.75) is 33.7 Å². The minimum atomic E-state index is -0.142. The number of aromatic nitrogens is 7. The summed E-state index contributed by atoms with van der Waals surface area (Å²) in [5.41, 5.74) is 5.41. The topological polar surface area (TPSA) is 92.7 Å². The number of fused-ring (bicyclic) bond motifs is 3. The molecule has 5 aromatic rings. The average Bonchev–Trinajstić information content (AvgIpc) is 3.34. The van der Waals surface area contributed by atoms with E-state index >= 15 is 0 Å². The fraction of sp³-hybridized carbons (Fsp3) is 0.292.